The Bertz CT molecular complexity index is 1080. The summed E-state index contributed by atoms with van der Waals surface area (Å²) in [5, 5.41) is 13.5. The number of rotatable bonds is 5. The van der Waals surface area contributed by atoms with E-state index in [4.69, 9.17) is 0 Å². The Morgan fingerprint density at radius 2 is 1.80 bits per heavy atom. The van der Waals surface area contributed by atoms with Gasteiger partial charge in [-0.1, -0.05) is 18.2 Å². The van der Waals surface area contributed by atoms with Gasteiger partial charge in [0.1, 0.15) is 17.0 Å². The molecule has 3 aromatic rings. The molecule has 0 aliphatic rings. The molecule has 0 radical (unpaired) electrons. The molecule has 0 spiro atoms. The smallest absolute Gasteiger partial charge is 0.459 e. The predicted octanol–water partition coefficient (Wildman–Crippen LogP) is 4.47. The number of benzene rings is 1. The molecule has 2 aromatic heterocycles. The van der Waals surface area contributed by atoms with Gasteiger partial charge in [-0.2, -0.15) is 27.1 Å². The van der Waals surface area contributed by atoms with Crippen molar-refractivity contribution in [1.82, 2.24) is 14.8 Å². The van der Waals surface area contributed by atoms with Gasteiger partial charge in [-0.25, -0.2) is 14.5 Å². The second kappa shape index (κ2) is 7.73. The van der Waals surface area contributed by atoms with Crippen molar-refractivity contribution in [3.63, 3.8) is 0 Å². The lowest BCUT2D eigenvalue weighted by molar-refractivity contribution is -0.291. The van der Waals surface area contributed by atoms with E-state index in [1.54, 1.807) is 12.1 Å². The van der Waals surface area contributed by atoms with Gasteiger partial charge in [-0.3, -0.25) is 0 Å². The minimum atomic E-state index is -6.00. The number of ether oxygens (including phenoxy) is 1. The number of hydrogen-bond acceptors (Lipinski definition) is 5. The van der Waals surface area contributed by atoms with Gasteiger partial charge >= 0.3 is 18.1 Å². The number of phenols is 1. The summed E-state index contributed by atoms with van der Waals surface area (Å²) >= 11 is 0. The first-order chi connectivity index (χ1) is 14.1. The highest BCUT2D eigenvalue weighted by Gasteiger charge is 2.62. The van der Waals surface area contributed by atoms with E-state index in [1.165, 1.54) is 31.2 Å². The number of hydrogen-bond donors (Lipinski definition) is 1. The van der Waals surface area contributed by atoms with Gasteiger partial charge in [0, 0.05) is 5.56 Å². The molecule has 0 amide bonds. The summed E-state index contributed by atoms with van der Waals surface area (Å²) in [5.74, 6) is -7.38. The van der Waals surface area contributed by atoms with Crippen molar-refractivity contribution in [2.75, 3.05) is 6.61 Å². The predicted molar refractivity (Wildman–Crippen MR) is 94.4 cm³/mol. The third-order valence-corrected chi connectivity index (χ3v) is 4.05. The van der Waals surface area contributed by atoms with Crippen LogP contribution in [-0.2, 0) is 10.7 Å². The van der Waals surface area contributed by atoms with Crippen LogP contribution in [-0.4, -0.2) is 38.6 Å². The number of carbonyl (C=O) groups excluding carboxylic acids is 1. The topological polar surface area (TPSA) is 77.2 Å². The number of nitrogens with zero attached hydrogens (tertiary/aromatic N) is 3. The van der Waals surface area contributed by atoms with Crippen LogP contribution in [0.2, 0.25) is 0 Å². The average molecular weight is 427 g/mol. The first-order valence-corrected chi connectivity index (χ1v) is 8.54. The number of carbonyl (C=O) groups is 1. The van der Waals surface area contributed by atoms with Crippen molar-refractivity contribution >= 4 is 5.97 Å². The summed E-state index contributed by atoms with van der Waals surface area (Å²) in [6.07, 6.45) is -5.43. The molecule has 6 nitrogen and oxygen atoms in total. The van der Waals surface area contributed by atoms with Crippen LogP contribution in [0.25, 0.3) is 17.1 Å². The van der Waals surface area contributed by atoms with E-state index in [0.29, 0.717) is 6.20 Å². The summed E-state index contributed by atoms with van der Waals surface area (Å²) < 4.78 is 72.9. The zero-order valence-corrected chi connectivity index (χ0v) is 15.3. The quantitative estimate of drug-likeness (QED) is 0.480. The van der Waals surface area contributed by atoms with Gasteiger partial charge in [0.15, 0.2) is 5.82 Å². The normalized spacial score (nSPS) is 12.1. The van der Waals surface area contributed by atoms with Crippen LogP contribution in [0.1, 0.15) is 23.0 Å². The number of pyridine rings is 1. The van der Waals surface area contributed by atoms with Crippen molar-refractivity contribution in [3.8, 4) is 22.8 Å². The van der Waals surface area contributed by atoms with Gasteiger partial charge in [-0.15, -0.1) is 0 Å². The molecular weight excluding hydrogens is 413 g/mol. The summed E-state index contributed by atoms with van der Waals surface area (Å²) in [7, 11) is 0. The first kappa shape index (κ1) is 21.2. The van der Waals surface area contributed by atoms with E-state index in [0.717, 1.165) is 6.07 Å². The SMILES string of the molecule is CCOC(=O)c1cnn(-c2cccc(-c3ccccc3O)n2)c1C(F)(F)C(F)(F)F. The molecule has 0 unspecified atom stereocenters. The number of esters is 1. The number of aromatic nitrogens is 3. The minimum Gasteiger partial charge on any atom is -0.507 e. The first-order valence-electron chi connectivity index (χ1n) is 8.54. The van der Waals surface area contributed by atoms with Crippen LogP contribution in [0.5, 0.6) is 5.75 Å². The monoisotopic (exact) mass is 427 g/mol. The van der Waals surface area contributed by atoms with Crippen molar-refractivity contribution in [2.45, 2.75) is 19.0 Å². The molecule has 0 fully saturated rings. The third-order valence-electron chi connectivity index (χ3n) is 4.05. The van der Waals surface area contributed by atoms with Gasteiger partial charge in [-0.05, 0) is 31.2 Å². The number of aromatic hydroxyl groups is 1. The maximum absolute atomic E-state index is 14.3. The summed E-state index contributed by atoms with van der Waals surface area (Å²) in [6.45, 7) is 1.14. The maximum Gasteiger partial charge on any atom is 0.459 e. The standard InChI is InChI=1S/C19H14F5N3O3/c1-2-30-17(29)12-10-25-27(16(12)18(20,21)19(22,23)24)15-9-5-7-13(26-15)11-6-3-4-8-14(11)28/h3-10,28H,2H2,1H3. The lowest BCUT2D eigenvalue weighted by atomic mass is 10.1. The highest BCUT2D eigenvalue weighted by molar-refractivity contribution is 5.91. The van der Waals surface area contributed by atoms with Crippen LogP contribution in [0.3, 0.4) is 0 Å². The van der Waals surface area contributed by atoms with Crippen molar-refractivity contribution in [1.29, 1.82) is 0 Å². The average Bonchev–Trinajstić information content (AvgIpc) is 3.14. The Morgan fingerprint density at radius 3 is 2.43 bits per heavy atom. The Balaban J connectivity index is 2.21. The molecule has 158 valence electrons. The minimum absolute atomic E-state index is 0.0973. The fourth-order valence-corrected chi connectivity index (χ4v) is 2.70. The molecule has 1 N–H and O–H groups in total. The van der Waals surface area contributed by atoms with Crippen molar-refractivity contribution in [3.05, 3.63) is 59.9 Å². The van der Waals surface area contributed by atoms with Gasteiger partial charge in [0.25, 0.3) is 0 Å². The van der Waals surface area contributed by atoms with E-state index in [9.17, 15) is 31.9 Å². The zero-order valence-electron chi connectivity index (χ0n) is 15.3. The molecular formula is C19H14F5N3O3. The molecule has 0 aliphatic carbocycles. The van der Waals surface area contributed by atoms with E-state index >= 15 is 0 Å². The van der Waals surface area contributed by atoms with Crippen LogP contribution in [0.4, 0.5) is 22.0 Å². The Kier molecular flexibility index (Phi) is 5.47. The molecule has 30 heavy (non-hydrogen) atoms. The molecule has 0 saturated carbocycles. The van der Waals surface area contributed by atoms with Crippen molar-refractivity contribution < 1.29 is 36.6 Å². The molecule has 11 heteroatoms. The van der Waals surface area contributed by atoms with Gasteiger partial charge in [0.2, 0.25) is 0 Å². The fourth-order valence-electron chi connectivity index (χ4n) is 2.70. The van der Waals surface area contributed by atoms with Crippen LogP contribution < -0.4 is 0 Å². The molecule has 2 heterocycles. The van der Waals surface area contributed by atoms with E-state index in [1.807, 2.05) is 0 Å². The molecule has 1 aromatic carbocycles. The van der Waals surface area contributed by atoms with Crippen LogP contribution in [0, 0.1) is 0 Å². The lowest BCUT2D eigenvalue weighted by Crippen LogP contribution is -2.37. The van der Waals surface area contributed by atoms with E-state index < -0.39 is 35.1 Å². The summed E-state index contributed by atoms with van der Waals surface area (Å²) in [6, 6.07) is 9.88. The fraction of sp³-hybridized carbons (Fsp3) is 0.211. The largest absolute Gasteiger partial charge is 0.507 e. The molecule has 0 atom stereocenters. The molecule has 0 saturated heterocycles. The Morgan fingerprint density at radius 1 is 1.10 bits per heavy atom. The second-order valence-corrected chi connectivity index (χ2v) is 6.01. The lowest BCUT2D eigenvalue weighted by Gasteiger charge is -2.21. The maximum atomic E-state index is 14.3. The zero-order chi connectivity index (χ0) is 22.1. The highest BCUT2D eigenvalue weighted by atomic mass is 19.4. The highest BCUT2D eigenvalue weighted by Crippen LogP contribution is 2.45. The Hall–Kier alpha value is -3.50. The summed E-state index contributed by atoms with van der Waals surface area (Å²) in [4.78, 5) is 16.0. The van der Waals surface area contributed by atoms with Gasteiger partial charge in [0.05, 0.1) is 18.5 Å². The number of halogens is 5. The van der Waals surface area contributed by atoms with Crippen LogP contribution >= 0.6 is 0 Å². The number of phenolic OH excluding ortho intramolecular Hbond substituents is 1. The molecule has 3 rings (SSSR count). The van der Waals surface area contributed by atoms with E-state index in [2.05, 4.69) is 14.8 Å². The van der Waals surface area contributed by atoms with Gasteiger partial charge < -0.3 is 9.84 Å². The Labute approximate surface area is 166 Å². The third kappa shape index (κ3) is 3.70. The van der Waals surface area contributed by atoms with E-state index in [-0.39, 0.29) is 28.3 Å². The van der Waals surface area contributed by atoms with Crippen molar-refractivity contribution in [2.24, 2.45) is 0 Å². The second-order valence-electron chi connectivity index (χ2n) is 6.01. The number of alkyl halides is 5. The molecule has 0 aliphatic heterocycles. The number of para-hydroxylation sites is 1. The summed E-state index contributed by atoms with van der Waals surface area (Å²) in [5.41, 5.74) is -2.43. The van der Waals surface area contributed by atoms with Crippen LogP contribution in [0.15, 0.2) is 48.7 Å². The molecule has 0 bridgehead atoms.